The Kier molecular flexibility index (Phi) is 6.04. The number of anilines is 1. The Morgan fingerprint density at radius 3 is 2.57 bits per heavy atom. The van der Waals surface area contributed by atoms with Gasteiger partial charge in [-0.25, -0.2) is 0 Å². The number of benzene rings is 1. The standard InChI is InChI=1S/C18H27N3O2/c1-4-20-9-11-21(12-10-20)18(22)8-6-15-5-7-17(16(19)13-15)23-14(2)3/h5-8,13-14H,4,9-12,19H2,1-3H3/b8-6-. The van der Waals surface area contributed by atoms with Gasteiger partial charge in [0.2, 0.25) is 5.91 Å². The molecule has 1 aliphatic rings. The first-order valence-corrected chi connectivity index (χ1v) is 8.25. The zero-order valence-corrected chi connectivity index (χ0v) is 14.3. The molecule has 0 unspecified atom stereocenters. The Balaban J connectivity index is 1.94. The minimum atomic E-state index is 0.0573. The first-order chi connectivity index (χ1) is 11.0. The third-order valence-electron chi connectivity index (χ3n) is 3.95. The van der Waals surface area contributed by atoms with Crippen LogP contribution in [0, 0.1) is 0 Å². The molecule has 1 aromatic carbocycles. The molecule has 1 saturated heterocycles. The lowest BCUT2D eigenvalue weighted by Gasteiger charge is -2.33. The van der Waals surface area contributed by atoms with Gasteiger partial charge in [-0.3, -0.25) is 4.79 Å². The largest absolute Gasteiger partial charge is 0.489 e. The van der Waals surface area contributed by atoms with E-state index in [0.29, 0.717) is 11.4 Å². The third-order valence-corrected chi connectivity index (χ3v) is 3.95. The molecule has 126 valence electrons. The minimum Gasteiger partial charge on any atom is -0.489 e. The van der Waals surface area contributed by atoms with Crippen LogP contribution < -0.4 is 10.5 Å². The van der Waals surface area contributed by atoms with Gasteiger partial charge in [-0.05, 0) is 44.2 Å². The topological polar surface area (TPSA) is 58.8 Å². The van der Waals surface area contributed by atoms with Crippen molar-refractivity contribution in [3.05, 3.63) is 29.8 Å². The van der Waals surface area contributed by atoms with Crippen LogP contribution in [0.25, 0.3) is 6.08 Å². The molecule has 0 spiro atoms. The van der Waals surface area contributed by atoms with E-state index in [0.717, 1.165) is 38.3 Å². The Morgan fingerprint density at radius 1 is 1.30 bits per heavy atom. The number of nitrogens with zero attached hydrogens (tertiary/aromatic N) is 2. The van der Waals surface area contributed by atoms with Gasteiger partial charge < -0.3 is 20.3 Å². The number of hydrogen-bond donors (Lipinski definition) is 1. The molecule has 1 heterocycles. The molecule has 23 heavy (non-hydrogen) atoms. The van der Waals surface area contributed by atoms with E-state index in [9.17, 15) is 4.79 Å². The number of nitrogens with two attached hydrogens (primary N) is 1. The summed E-state index contributed by atoms with van der Waals surface area (Å²) < 4.78 is 5.61. The molecule has 5 nitrogen and oxygen atoms in total. The van der Waals surface area contributed by atoms with Crippen molar-refractivity contribution < 1.29 is 9.53 Å². The Hall–Kier alpha value is -2.01. The van der Waals surface area contributed by atoms with Gasteiger partial charge in [0.05, 0.1) is 11.8 Å². The highest BCUT2D eigenvalue weighted by Crippen LogP contribution is 2.24. The fraction of sp³-hybridized carbons (Fsp3) is 0.500. The summed E-state index contributed by atoms with van der Waals surface area (Å²) in [6.45, 7) is 10.6. The van der Waals surface area contributed by atoms with Crippen molar-refractivity contribution in [3.63, 3.8) is 0 Å². The van der Waals surface area contributed by atoms with Crippen molar-refractivity contribution >= 4 is 17.7 Å². The number of carbonyl (C=O) groups is 1. The number of piperazine rings is 1. The highest BCUT2D eigenvalue weighted by molar-refractivity contribution is 5.92. The molecule has 1 aliphatic heterocycles. The summed E-state index contributed by atoms with van der Waals surface area (Å²) in [7, 11) is 0. The van der Waals surface area contributed by atoms with Crippen molar-refractivity contribution in [1.29, 1.82) is 0 Å². The predicted octanol–water partition coefficient (Wildman–Crippen LogP) is 2.23. The van der Waals surface area contributed by atoms with Crippen LogP contribution in [-0.2, 0) is 4.79 Å². The summed E-state index contributed by atoms with van der Waals surface area (Å²) in [6, 6.07) is 5.59. The lowest BCUT2D eigenvalue weighted by atomic mass is 10.1. The van der Waals surface area contributed by atoms with Gasteiger partial charge in [0.25, 0.3) is 0 Å². The van der Waals surface area contributed by atoms with Crippen LogP contribution in [0.4, 0.5) is 5.69 Å². The zero-order chi connectivity index (χ0) is 16.8. The van der Waals surface area contributed by atoms with E-state index in [4.69, 9.17) is 10.5 Å². The average Bonchev–Trinajstić information content (AvgIpc) is 2.54. The van der Waals surface area contributed by atoms with Crippen LogP contribution in [-0.4, -0.2) is 54.5 Å². The monoisotopic (exact) mass is 317 g/mol. The zero-order valence-electron chi connectivity index (χ0n) is 14.3. The number of hydrogen-bond acceptors (Lipinski definition) is 4. The van der Waals surface area contributed by atoms with E-state index < -0.39 is 0 Å². The van der Waals surface area contributed by atoms with Crippen LogP contribution in [0.3, 0.4) is 0 Å². The normalized spacial score (nSPS) is 16.3. The maximum Gasteiger partial charge on any atom is 0.246 e. The molecule has 0 aliphatic carbocycles. The number of amides is 1. The van der Waals surface area contributed by atoms with E-state index in [1.54, 1.807) is 6.08 Å². The van der Waals surface area contributed by atoms with Crippen LogP contribution in [0.15, 0.2) is 24.3 Å². The SMILES string of the molecule is CCN1CCN(C(=O)/C=C\c2ccc(OC(C)C)c(N)c2)CC1. The van der Waals surface area contributed by atoms with E-state index >= 15 is 0 Å². The van der Waals surface area contributed by atoms with Gasteiger partial charge >= 0.3 is 0 Å². The first-order valence-electron chi connectivity index (χ1n) is 8.25. The molecular weight excluding hydrogens is 290 g/mol. The summed E-state index contributed by atoms with van der Waals surface area (Å²) in [5.41, 5.74) is 7.48. The predicted molar refractivity (Wildman–Crippen MR) is 94.3 cm³/mol. The van der Waals surface area contributed by atoms with Gasteiger partial charge in [0, 0.05) is 32.3 Å². The molecule has 0 saturated carbocycles. The molecule has 1 fully saturated rings. The van der Waals surface area contributed by atoms with Crippen LogP contribution in [0.1, 0.15) is 26.3 Å². The Labute approximate surface area is 138 Å². The first kappa shape index (κ1) is 17.3. The van der Waals surface area contributed by atoms with E-state index in [1.807, 2.05) is 43.0 Å². The molecule has 1 aromatic rings. The summed E-state index contributed by atoms with van der Waals surface area (Å²) in [4.78, 5) is 16.5. The molecule has 1 amide bonds. The van der Waals surface area contributed by atoms with Crippen molar-refractivity contribution in [2.45, 2.75) is 26.9 Å². The number of rotatable bonds is 5. The molecular formula is C18H27N3O2. The van der Waals surface area contributed by atoms with Crippen molar-refractivity contribution in [2.24, 2.45) is 0 Å². The second kappa shape index (κ2) is 8.02. The summed E-state index contributed by atoms with van der Waals surface area (Å²) in [6.07, 6.45) is 3.52. The van der Waals surface area contributed by atoms with Gasteiger partial charge in [-0.15, -0.1) is 0 Å². The number of ether oxygens (including phenoxy) is 1. The van der Waals surface area contributed by atoms with Gasteiger partial charge in [-0.1, -0.05) is 13.0 Å². The summed E-state index contributed by atoms with van der Waals surface area (Å²) in [5, 5.41) is 0. The van der Waals surface area contributed by atoms with Crippen molar-refractivity contribution in [1.82, 2.24) is 9.80 Å². The van der Waals surface area contributed by atoms with Crippen LogP contribution >= 0.6 is 0 Å². The average molecular weight is 317 g/mol. The number of likely N-dealkylation sites (N-methyl/N-ethyl adjacent to an activating group) is 1. The highest BCUT2D eigenvalue weighted by Gasteiger charge is 2.18. The van der Waals surface area contributed by atoms with Gasteiger partial charge in [-0.2, -0.15) is 0 Å². The van der Waals surface area contributed by atoms with E-state index in [-0.39, 0.29) is 12.0 Å². The second-order valence-electron chi connectivity index (χ2n) is 6.06. The molecule has 5 heteroatoms. The lowest BCUT2D eigenvalue weighted by Crippen LogP contribution is -2.48. The fourth-order valence-corrected chi connectivity index (χ4v) is 2.59. The maximum atomic E-state index is 12.2. The van der Waals surface area contributed by atoms with Crippen LogP contribution in [0.2, 0.25) is 0 Å². The fourth-order valence-electron chi connectivity index (χ4n) is 2.59. The van der Waals surface area contributed by atoms with E-state index in [2.05, 4.69) is 11.8 Å². The van der Waals surface area contributed by atoms with Crippen LogP contribution in [0.5, 0.6) is 5.75 Å². The molecule has 0 atom stereocenters. The van der Waals surface area contributed by atoms with Gasteiger partial charge in [0.1, 0.15) is 5.75 Å². The van der Waals surface area contributed by atoms with Crippen molar-refractivity contribution in [2.75, 3.05) is 38.5 Å². The highest BCUT2D eigenvalue weighted by atomic mass is 16.5. The smallest absolute Gasteiger partial charge is 0.246 e. The van der Waals surface area contributed by atoms with E-state index in [1.165, 1.54) is 0 Å². The third kappa shape index (κ3) is 4.99. The van der Waals surface area contributed by atoms with Gasteiger partial charge in [0.15, 0.2) is 0 Å². The quantitative estimate of drug-likeness (QED) is 0.668. The minimum absolute atomic E-state index is 0.0573. The lowest BCUT2D eigenvalue weighted by molar-refractivity contribution is -0.127. The molecule has 0 aromatic heterocycles. The molecule has 0 bridgehead atoms. The Bertz CT molecular complexity index is 561. The summed E-state index contributed by atoms with van der Waals surface area (Å²) in [5.74, 6) is 0.737. The molecule has 2 rings (SSSR count). The molecule has 0 radical (unpaired) electrons. The number of carbonyl (C=O) groups excluding carboxylic acids is 1. The second-order valence-corrected chi connectivity index (χ2v) is 6.06. The maximum absolute atomic E-state index is 12.2. The molecule has 2 N–H and O–H groups in total. The van der Waals surface area contributed by atoms with Crippen molar-refractivity contribution in [3.8, 4) is 5.75 Å². The Morgan fingerprint density at radius 2 is 2.00 bits per heavy atom. The number of nitrogen functional groups attached to an aromatic ring is 1. The summed E-state index contributed by atoms with van der Waals surface area (Å²) >= 11 is 0.